The molecule has 1 aromatic heterocycles. The quantitative estimate of drug-likeness (QED) is 0.750. The third-order valence-corrected chi connectivity index (χ3v) is 3.46. The molecule has 2 aromatic rings. The molecule has 0 saturated heterocycles. The van der Waals surface area contributed by atoms with Crippen molar-refractivity contribution in [3.05, 3.63) is 38.6 Å². The van der Waals surface area contributed by atoms with E-state index < -0.39 is 0 Å². The normalized spacial score (nSPS) is 10.3. The van der Waals surface area contributed by atoms with Gasteiger partial charge in [-0.1, -0.05) is 0 Å². The van der Waals surface area contributed by atoms with Gasteiger partial charge in [-0.15, -0.1) is 0 Å². The summed E-state index contributed by atoms with van der Waals surface area (Å²) < 4.78 is 9.13. The summed E-state index contributed by atoms with van der Waals surface area (Å²) in [6.07, 6.45) is 3.66. The maximum atomic E-state index is 5.25. The Hall–Kier alpha value is -0.560. The van der Waals surface area contributed by atoms with Crippen molar-refractivity contribution in [1.29, 1.82) is 0 Å². The van der Waals surface area contributed by atoms with Gasteiger partial charge < -0.3 is 4.74 Å². The molecule has 3 nitrogen and oxygen atoms in total. The molecule has 0 spiro atoms. The van der Waals surface area contributed by atoms with E-state index >= 15 is 0 Å². The Bertz CT molecular complexity index is 471. The van der Waals surface area contributed by atoms with Crippen LogP contribution in [0.5, 0.6) is 5.75 Å². The number of benzene rings is 1. The molecule has 2 rings (SSSR count). The molecule has 0 radical (unpaired) electrons. The summed E-state index contributed by atoms with van der Waals surface area (Å²) in [6, 6.07) is 5.86. The first kappa shape index (κ1) is 10.9. The Morgan fingerprint density at radius 1 is 1.47 bits per heavy atom. The van der Waals surface area contributed by atoms with Crippen LogP contribution in [-0.4, -0.2) is 16.9 Å². The molecule has 0 saturated carbocycles. The molecule has 0 aliphatic heterocycles. The van der Waals surface area contributed by atoms with Crippen LogP contribution in [0.1, 0.15) is 0 Å². The van der Waals surface area contributed by atoms with E-state index in [4.69, 9.17) is 4.74 Å². The Balaban J connectivity index is 2.57. The van der Waals surface area contributed by atoms with Gasteiger partial charge in [0.1, 0.15) is 5.75 Å². The van der Waals surface area contributed by atoms with Crippen molar-refractivity contribution in [1.82, 2.24) is 9.78 Å². The minimum atomic E-state index is 0.806. The van der Waals surface area contributed by atoms with Crippen molar-refractivity contribution in [2.75, 3.05) is 7.11 Å². The molecular formula is C10H8BrIN2O. The van der Waals surface area contributed by atoms with Gasteiger partial charge in [-0.05, 0) is 50.7 Å². The molecule has 0 aliphatic carbocycles. The third-order valence-electron chi connectivity index (χ3n) is 1.97. The molecule has 5 heteroatoms. The summed E-state index contributed by atoms with van der Waals surface area (Å²) >= 11 is 5.72. The van der Waals surface area contributed by atoms with Crippen LogP contribution in [0.4, 0.5) is 0 Å². The first-order valence-corrected chi connectivity index (χ1v) is 6.12. The average Bonchev–Trinajstić information content (AvgIpc) is 2.71. The number of rotatable bonds is 2. The van der Waals surface area contributed by atoms with Gasteiger partial charge in [-0.3, -0.25) is 0 Å². The maximum Gasteiger partial charge on any atom is 0.135 e. The summed E-state index contributed by atoms with van der Waals surface area (Å²) in [6.45, 7) is 0. The molecule has 0 aliphatic rings. The second kappa shape index (κ2) is 4.52. The lowest BCUT2D eigenvalue weighted by molar-refractivity contribution is 0.411. The van der Waals surface area contributed by atoms with E-state index in [1.54, 1.807) is 13.3 Å². The molecule has 0 unspecified atom stereocenters. The van der Waals surface area contributed by atoms with Gasteiger partial charge in [0.25, 0.3) is 0 Å². The number of hydrogen-bond donors (Lipinski definition) is 0. The fourth-order valence-electron chi connectivity index (χ4n) is 1.26. The number of hydrogen-bond acceptors (Lipinski definition) is 2. The highest BCUT2D eigenvalue weighted by Gasteiger charge is 2.08. The predicted octanol–water partition coefficient (Wildman–Crippen LogP) is 3.25. The molecular weight excluding hydrogens is 371 g/mol. The summed E-state index contributed by atoms with van der Waals surface area (Å²) in [7, 11) is 1.65. The zero-order chi connectivity index (χ0) is 10.8. The molecule has 0 N–H and O–H groups in total. The van der Waals surface area contributed by atoms with E-state index in [9.17, 15) is 0 Å². The van der Waals surface area contributed by atoms with Crippen molar-refractivity contribution in [3.8, 4) is 11.4 Å². The first-order chi connectivity index (χ1) is 7.22. The Morgan fingerprint density at radius 2 is 2.27 bits per heavy atom. The SMILES string of the molecule is COc1cc(-n2cccn2)c(I)cc1Br. The van der Waals surface area contributed by atoms with Crippen molar-refractivity contribution in [2.24, 2.45) is 0 Å². The second-order valence-electron chi connectivity index (χ2n) is 2.89. The molecule has 1 aromatic carbocycles. The van der Waals surface area contributed by atoms with Gasteiger partial charge in [0.05, 0.1) is 17.3 Å². The predicted molar refractivity (Wildman–Crippen MR) is 70.5 cm³/mol. The molecule has 78 valence electrons. The van der Waals surface area contributed by atoms with Crippen LogP contribution in [0.15, 0.2) is 35.1 Å². The van der Waals surface area contributed by atoms with E-state index in [1.165, 1.54) is 0 Å². The first-order valence-electron chi connectivity index (χ1n) is 4.25. The minimum absolute atomic E-state index is 0.806. The molecule has 0 bridgehead atoms. The monoisotopic (exact) mass is 378 g/mol. The third kappa shape index (κ3) is 2.17. The summed E-state index contributed by atoms with van der Waals surface area (Å²) in [5.41, 5.74) is 1.01. The van der Waals surface area contributed by atoms with E-state index in [0.29, 0.717) is 0 Å². The number of halogens is 2. The highest BCUT2D eigenvalue weighted by molar-refractivity contribution is 14.1. The number of ether oxygens (including phenoxy) is 1. The zero-order valence-electron chi connectivity index (χ0n) is 7.95. The second-order valence-corrected chi connectivity index (χ2v) is 4.91. The average molecular weight is 379 g/mol. The summed E-state index contributed by atoms with van der Waals surface area (Å²) in [5, 5.41) is 4.19. The largest absolute Gasteiger partial charge is 0.495 e. The Morgan fingerprint density at radius 3 is 2.87 bits per heavy atom. The number of methoxy groups -OCH3 is 1. The maximum absolute atomic E-state index is 5.25. The summed E-state index contributed by atoms with van der Waals surface area (Å²) in [5.74, 6) is 0.806. The van der Waals surface area contributed by atoms with E-state index in [2.05, 4.69) is 43.6 Å². The molecule has 0 fully saturated rings. The van der Waals surface area contributed by atoms with Crippen molar-refractivity contribution in [2.45, 2.75) is 0 Å². The smallest absolute Gasteiger partial charge is 0.135 e. The fourth-order valence-corrected chi connectivity index (χ4v) is 2.91. The lowest BCUT2D eigenvalue weighted by atomic mass is 10.3. The molecule has 0 amide bonds. The van der Waals surface area contributed by atoms with Crippen LogP contribution in [0.25, 0.3) is 5.69 Å². The molecule has 15 heavy (non-hydrogen) atoms. The lowest BCUT2D eigenvalue weighted by Crippen LogP contribution is -1.98. The zero-order valence-corrected chi connectivity index (χ0v) is 11.7. The van der Waals surface area contributed by atoms with Crippen molar-refractivity contribution < 1.29 is 4.74 Å². The lowest BCUT2D eigenvalue weighted by Gasteiger charge is -2.09. The highest BCUT2D eigenvalue weighted by Crippen LogP contribution is 2.30. The van der Waals surface area contributed by atoms with Gasteiger partial charge >= 0.3 is 0 Å². The van der Waals surface area contributed by atoms with Crippen LogP contribution in [0, 0.1) is 3.57 Å². The van der Waals surface area contributed by atoms with Crippen molar-refractivity contribution in [3.63, 3.8) is 0 Å². The summed E-state index contributed by atoms with van der Waals surface area (Å²) in [4.78, 5) is 0. The van der Waals surface area contributed by atoms with Crippen LogP contribution in [0.2, 0.25) is 0 Å². The van der Waals surface area contributed by atoms with Gasteiger partial charge in [-0.25, -0.2) is 4.68 Å². The van der Waals surface area contributed by atoms with Gasteiger partial charge in [0.15, 0.2) is 0 Å². The van der Waals surface area contributed by atoms with Crippen LogP contribution in [-0.2, 0) is 0 Å². The Labute approximate surface area is 110 Å². The number of nitrogens with zero attached hydrogens (tertiary/aromatic N) is 2. The van der Waals surface area contributed by atoms with Gasteiger partial charge in [-0.2, -0.15) is 5.10 Å². The topological polar surface area (TPSA) is 27.1 Å². The van der Waals surface area contributed by atoms with Crippen LogP contribution < -0.4 is 4.74 Å². The number of aromatic nitrogens is 2. The molecule has 0 atom stereocenters. The van der Waals surface area contributed by atoms with E-state index in [1.807, 2.05) is 29.1 Å². The minimum Gasteiger partial charge on any atom is -0.495 e. The Kier molecular flexibility index (Phi) is 3.30. The van der Waals surface area contributed by atoms with Crippen LogP contribution in [0.3, 0.4) is 0 Å². The standard InChI is InChI=1S/C10H8BrIN2O/c1-15-10-6-9(8(12)5-7(10)11)14-4-2-3-13-14/h2-6H,1H3. The molecule has 1 heterocycles. The van der Waals surface area contributed by atoms with Crippen molar-refractivity contribution >= 4 is 38.5 Å². The van der Waals surface area contributed by atoms with Gasteiger partial charge in [0, 0.05) is 22.0 Å². The van der Waals surface area contributed by atoms with Crippen LogP contribution >= 0.6 is 38.5 Å². The van der Waals surface area contributed by atoms with Gasteiger partial charge in [0.2, 0.25) is 0 Å². The highest BCUT2D eigenvalue weighted by atomic mass is 127. The fraction of sp³-hybridized carbons (Fsp3) is 0.100. The van der Waals surface area contributed by atoms with E-state index in [0.717, 1.165) is 19.5 Å². The van der Waals surface area contributed by atoms with E-state index in [-0.39, 0.29) is 0 Å².